The summed E-state index contributed by atoms with van der Waals surface area (Å²) in [5.74, 6) is -0.811. The minimum atomic E-state index is -0.743. The molecule has 3 heterocycles. The van der Waals surface area contributed by atoms with E-state index in [1.54, 1.807) is 13.8 Å². The van der Waals surface area contributed by atoms with Gasteiger partial charge in [-0.1, -0.05) is 0 Å². The van der Waals surface area contributed by atoms with Crippen LogP contribution >= 0.6 is 0 Å². The van der Waals surface area contributed by atoms with E-state index in [9.17, 15) is 9.59 Å². The van der Waals surface area contributed by atoms with Crippen LogP contribution in [-0.4, -0.2) is 53.7 Å². The van der Waals surface area contributed by atoms with Crippen molar-refractivity contribution in [3.8, 4) is 0 Å². The van der Waals surface area contributed by atoms with Gasteiger partial charge in [0.15, 0.2) is 0 Å². The first-order valence-corrected chi connectivity index (χ1v) is 4.93. The zero-order chi connectivity index (χ0) is 10.1. The monoisotopic (exact) mass is 220 g/mol. The van der Waals surface area contributed by atoms with E-state index in [1.165, 1.54) is 0 Å². The van der Waals surface area contributed by atoms with Gasteiger partial charge >= 0.3 is 41.5 Å². The summed E-state index contributed by atoms with van der Waals surface area (Å²) in [6.45, 7) is 3.59. The Balaban J connectivity index is 0.000000853. The van der Waals surface area contributed by atoms with Crippen LogP contribution in [0.2, 0.25) is 0 Å². The topological polar surface area (TPSA) is 52.6 Å². The van der Waals surface area contributed by atoms with Crippen molar-refractivity contribution in [1.29, 1.82) is 0 Å². The van der Waals surface area contributed by atoms with Gasteiger partial charge in [0, 0.05) is 0 Å². The molecule has 0 aromatic rings. The average molecular weight is 220 g/mol. The Bertz CT molecular complexity index is 323. The SMILES string of the molecule is C[C@@]12C(=O)OC(=O)[C@]1(C)[C@H]1CC[C@@H]2O1.[NaH]. The number of rotatable bonds is 0. The summed E-state index contributed by atoms with van der Waals surface area (Å²) in [4.78, 5) is 23.3. The summed E-state index contributed by atoms with van der Waals surface area (Å²) in [6.07, 6.45) is 1.46. The molecule has 0 aromatic carbocycles. The van der Waals surface area contributed by atoms with Crippen molar-refractivity contribution in [3.63, 3.8) is 0 Å². The summed E-state index contributed by atoms with van der Waals surface area (Å²) in [5, 5.41) is 0. The maximum atomic E-state index is 11.7. The molecule has 2 bridgehead atoms. The van der Waals surface area contributed by atoms with Crippen LogP contribution in [-0.2, 0) is 19.1 Å². The summed E-state index contributed by atoms with van der Waals surface area (Å²) in [7, 11) is 0. The Morgan fingerprint density at radius 3 is 1.87 bits per heavy atom. The molecule has 0 radical (unpaired) electrons. The molecular weight excluding hydrogens is 207 g/mol. The van der Waals surface area contributed by atoms with Crippen LogP contribution in [0.15, 0.2) is 0 Å². The molecule has 0 aromatic heterocycles. The summed E-state index contributed by atoms with van der Waals surface area (Å²) < 4.78 is 10.4. The van der Waals surface area contributed by atoms with E-state index in [0.717, 1.165) is 12.8 Å². The van der Waals surface area contributed by atoms with E-state index >= 15 is 0 Å². The molecule has 78 valence electrons. The number of carbonyl (C=O) groups is 2. The number of hydrogen-bond donors (Lipinski definition) is 0. The second kappa shape index (κ2) is 3.06. The predicted octanol–water partition coefficient (Wildman–Crippen LogP) is -0.00490. The Morgan fingerprint density at radius 2 is 1.47 bits per heavy atom. The molecule has 5 heteroatoms. The van der Waals surface area contributed by atoms with E-state index in [4.69, 9.17) is 9.47 Å². The van der Waals surface area contributed by atoms with Crippen molar-refractivity contribution in [2.75, 3.05) is 0 Å². The molecule has 3 saturated heterocycles. The molecule has 0 unspecified atom stereocenters. The van der Waals surface area contributed by atoms with Crippen molar-refractivity contribution in [1.82, 2.24) is 0 Å². The third kappa shape index (κ3) is 0.971. The van der Waals surface area contributed by atoms with Gasteiger partial charge in [0.2, 0.25) is 0 Å². The summed E-state index contributed by atoms with van der Waals surface area (Å²) in [5.41, 5.74) is -1.49. The van der Waals surface area contributed by atoms with Gasteiger partial charge in [-0.05, 0) is 26.7 Å². The molecular formula is C10H13NaO4. The van der Waals surface area contributed by atoms with Crippen LogP contribution in [0.3, 0.4) is 0 Å². The number of ether oxygens (including phenoxy) is 2. The average Bonchev–Trinajstić information content (AvgIpc) is 2.73. The van der Waals surface area contributed by atoms with Crippen LogP contribution in [0.25, 0.3) is 0 Å². The first kappa shape index (κ1) is 11.6. The van der Waals surface area contributed by atoms with E-state index in [-0.39, 0.29) is 41.8 Å². The molecule has 3 rings (SSSR count). The standard InChI is InChI=1S/C10H12O4.Na.H/c1-9-5-3-4-6(13-5)10(9,2)8(12)14-7(9)11;;/h5-6H,3-4H2,1-2H3;;/t5-,6+,9+,10-;;. The second-order valence-corrected chi connectivity index (χ2v) is 4.77. The van der Waals surface area contributed by atoms with Crippen LogP contribution in [0.5, 0.6) is 0 Å². The van der Waals surface area contributed by atoms with Gasteiger partial charge in [-0.2, -0.15) is 0 Å². The van der Waals surface area contributed by atoms with E-state index < -0.39 is 22.8 Å². The first-order valence-electron chi connectivity index (χ1n) is 4.93. The molecule has 3 aliphatic rings. The molecule has 3 aliphatic heterocycles. The molecule has 3 fully saturated rings. The number of cyclic esters (lactones) is 2. The molecule has 0 spiro atoms. The summed E-state index contributed by atoms with van der Waals surface area (Å²) in [6, 6.07) is 0. The van der Waals surface area contributed by atoms with Crippen molar-refractivity contribution >= 4 is 41.5 Å². The Morgan fingerprint density at radius 1 is 1.07 bits per heavy atom. The van der Waals surface area contributed by atoms with Crippen molar-refractivity contribution in [2.45, 2.75) is 38.9 Å². The Hall–Kier alpha value is 0.1000. The maximum absolute atomic E-state index is 11.7. The number of carbonyl (C=O) groups excluding carboxylic acids is 2. The van der Waals surface area contributed by atoms with Crippen LogP contribution in [0.4, 0.5) is 0 Å². The zero-order valence-corrected chi connectivity index (χ0v) is 8.20. The molecule has 0 aliphatic carbocycles. The molecule has 0 N–H and O–H groups in total. The number of esters is 2. The van der Waals surface area contributed by atoms with Gasteiger partial charge < -0.3 is 9.47 Å². The molecule has 4 atom stereocenters. The normalized spacial score (nSPS) is 51.3. The third-order valence-corrected chi connectivity index (χ3v) is 4.42. The zero-order valence-electron chi connectivity index (χ0n) is 8.20. The molecule has 4 nitrogen and oxygen atoms in total. The molecule has 0 amide bonds. The second-order valence-electron chi connectivity index (χ2n) is 4.77. The fraction of sp³-hybridized carbons (Fsp3) is 0.800. The quantitative estimate of drug-likeness (QED) is 0.327. The fourth-order valence-corrected chi connectivity index (χ4v) is 3.14. The van der Waals surface area contributed by atoms with E-state index in [2.05, 4.69) is 0 Å². The third-order valence-electron chi connectivity index (χ3n) is 4.42. The van der Waals surface area contributed by atoms with Gasteiger partial charge in [0.05, 0.1) is 12.2 Å². The first-order chi connectivity index (χ1) is 6.51. The van der Waals surface area contributed by atoms with Gasteiger partial charge in [-0.15, -0.1) is 0 Å². The molecule has 0 saturated carbocycles. The number of fused-ring (bicyclic) bond motifs is 5. The van der Waals surface area contributed by atoms with Crippen molar-refractivity contribution in [3.05, 3.63) is 0 Å². The number of hydrogen-bond acceptors (Lipinski definition) is 4. The van der Waals surface area contributed by atoms with E-state index in [0.29, 0.717) is 0 Å². The minimum absolute atomic E-state index is 0. The van der Waals surface area contributed by atoms with Crippen LogP contribution < -0.4 is 0 Å². The Kier molecular flexibility index (Phi) is 2.37. The Labute approximate surface area is 110 Å². The predicted molar refractivity (Wildman–Crippen MR) is 52.4 cm³/mol. The van der Waals surface area contributed by atoms with Gasteiger partial charge in [0.1, 0.15) is 10.8 Å². The fourth-order valence-electron chi connectivity index (χ4n) is 3.14. The van der Waals surface area contributed by atoms with Gasteiger partial charge in [-0.3, -0.25) is 9.59 Å². The van der Waals surface area contributed by atoms with Gasteiger partial charge in [0.25, 0.3) is 0 Å². The van der Waals surface area contributed by atoms with Gasteiger partial charge in [-0.25, -0.2) is 0 Å². The summed E-state index contributed by atoms with van der Waals surface area (Å²) >= 11 is 0. The van der Waals surface area contributed by atoms with Crippen molar-refractivity contribution in [2.24, 2.45) is 10.8 Å². The van der Waals surface area contributed by atoms with Crippen molar-refractivity contribution < 1.29 is 19.1 Å². The molecule has 15 heavy (non-hydrogen) atoms. The van der Waals surface area contributed by atoms with E-state index in [1.807, 2.05) is 0 Å². The van der Waals surface area contributed by atoms with Crippen LogP contribution in [0, 0.1) is 10.8 Å². The van der Waals surface area contributed by atoms with Crippen LogP contribution in [0.1, 0.15) is 26.7 Å².